The van der Waals surface area contributed by atoms with Gasteiger partial charge in [-0.1, -0.05) is 66.5 Å². The lowest BCUT2D eigenvalue weighted by Gasteiger charge is -2.27. The average molecular weight is 629 g/mol. The zero-order chi connectivity index (χ0) is 32.9. The molecule has 2 unspecified atom stereocenters. The normalized spacial score (nSPS) is 22.7. The van der Waals surface area contributed by atoms with Crippen molar-refractivity contribution in [2.75, 3.05) is 26.2 Å². The molecule has 0 radical (unpaired) electrons. The topological polar surface area (TPSA) is 89.2 Å². The van der Waals surface area contributed by atoms with Gasteiger partial charge in [-0.15, -0.1) is 0 Å². The molecule has 4 N–H and O–H groups in total. The highest BCUT2D eigenvalue weighted by atomic mass is 16.3. The standard InChI is InChI=1S/C40H60N4O2/c1-39(2,3)33-21-29(19-27-11-15-41-16-12-27)37(45)31(23-33)25-43-35-9-7-8-10-36(35)44-26-32-24-34(40(4,5)6)22-30(38(32)46)20-28-13-17-42-18-14-28/h21-28,35-36,41-42,45-46H,7-20H2,1-6H3. The predicted molar refractivity (Wildman–Crippen MR) is 193 cm³/mol. The van der Waals surface area contributed by atoms with E-state index < -0.39 is 0 Å². The van der Waals surface area contributed by atoms with Crippen molar-refractivity contribution in [1.29, 1.82) is 0 Å². The lowest BCUT2D eigenvalue weighted by atomic mass is 9.82. The Morgan fingerprint density at radius 3 is 1.33 bits per heavy atom. The van der Waals surface area contributed by atoms with Crippen molar-refractivity contribution in [2.45, 2.75) is 129 Å². The van der Waals surface area contributed by atoms with Gasteiger partial charge in [0.05, 0.1) is 12.1 Å². The van der Waals surface area contributed by atoms with Gasteiger partial charge in [0.1, 0.15) is 11.5 Å². The van der Waals surface area contributed by atoms with E-state index in [9.17, 15) is 10.2 Å². The summed E-state index contributed by atoms with van der Waals surface area (Å²) in [6, 6.07) is 8.81. The minimum atomic E-state index is -0.0207. The number of phenols is 2. The molecule has 5 rings (SSSR count). The summed E-state index contributed by atoms with van der Waals surface area (Å²) in [5.41, 5.74) is 6.18. The van der Waals surface area contributed by atoms with Gasteiger partial charge in [-0.3, -0.25) is 9.98 Å². The highest BCUT2D eigenvalue weighted by Gasteiger charge is 2.26. The number of aromatic hydroxyl groups is 2. The molecule has 2 aliphatic heterocycles. The molecule has 2 saturated heterocycles. The van der Waals surface area contributed by atoms with Crippen LogP contribution in [0.4, 0.5) is 0 Å². The van der Waals surface area contributed by atoms with Gasteiger partial charge in [0.25, 0.3) is 0 Å². The molecule has 0 amide bonds. The Kier molecular flexibility index (Phi) is 11.3. The summed E-state index contributed by atoms with van der Waals surface area (Å²) in [5, 5.41) is 29.8. The molecule has 2 atom stereocenters. The maximum Gasteiger partial charge on any atom is 0.127 e. The van der Waals surface area contributed by atoms with Gasteiger partial charge in [0.15, 0.2) is 0 Å². The summed E-state index contributed by atoms with van der Waals surface area (Å²) in [5.74, 6) is 1.96. The van der Waals surface area contributed by atoms with Crippen molar-refractivity contribution in [3.8, 4) is 11.5 Å². The summed E-state index contributed by atoms with van der Waals surface area (Å²) >= 11 is 0. The van der Waals surface area contributed by atoms with Crippen LogP contribution in [-0.4, -0.2) is 60.9 Å². The van der Waals surface area contributed by atoms with Gasteiger partial charge >= 0.3 is 0 Å². The van der Waals surface area contributed by atoms with Crippen molar-refractivity contribution >= 4 is 12.4 Å². The molecule has 1 aliphatic carbocycles. The van der Waals surface area contributed by atoms with Gasteiger partial charge in [0, 0.05) is 23.6 Å². The number of hydrogen-bond acceptors (Lipinski definition) is 6. The van der Waals surface area contributed by atoms with E-state index in [2.05, 4.69) is 76.4 Å². The predicted octanol–water partition coefficient (Wildman–Crippen LogP) is 7.63. The molecule has 2 aromatic rings. The number of piperidine rings is 2. The molecular weight excluding hydrogens is 568 g/mol. The van der Waals surface area contributed by atoms with Crippen LogP contribution in [0.1, 0.15) is 126 Å². The number of nitrogens with one attached hydrogen (secondary N) is 2. The molecule has 2 heterocycles. The van der Waals surface area contributed by atoms with Gasteiger partial charge in [-0.25, -0.2) is 0 Å². The third-order valence-corrected chi connectivity index (χ3v) is 10.6. The highest BCUT2D eigenvalue weighted by Crippen LogP contribution is 2.35. The van der Waals surface area contributed by atoms with Crippen molar-refractivity contribution < 1.29 is 10.2 Å². The van der Waals surface area contributed by atoms with Crippen molar-refractivity contribution in [2.24, 2.45) is 21.8 Å². The maximum atomic E-state index is 11.5. The minimum Gasteiger partial charge on any atom is -0.507 e. The Morgan fingerprint density at radius 1 is 0.609 bits per heavy atom. The first-order valence-corrected chi connectivity index (χ1v) is 18.1. The van der Waals surface area contributed by atoms with Gasteiger partial charge in [-0.2, -0.15) is 0 Å². The summed E-state index contributed by atoms with van der Waals surface area (Å²) < 4.78 is 0. The van der Waals surface area contributed by atoms with Crippen molar-refractivity contribution in [3.63, 3.8) is 0 Å². The van der Waals surface area contributed by atoms with Crippen LogP contribution in [0.2, 0.25) is 0 Å². The highest BCUT2D eigenvalue weighted by molar-refractivity contribution is 5.86. The second kappa shape index (κ2) is 15.0. The van der Waals surface area contributed by atoms with E-state index in [0.29, 0.717) is 23.3 Å². The monoisotopic (exact) mass is 628 g/mol. The van der Waals surface area contributed by atoms with Crippen LogP contribution in [0.15, 0.2) is 34.3 Å². The molecule has 6 heteroatoms. The third-order valence-electron chi connectivity index (χ3n) is 10.6. The molecular formula is C40H60N4O2. The number of benzene rings is 2. The van der Waals surface area contributed by atoms with Gasteiger partial charge in [-0.05, 0) is 135 Å². The van der Waals surface area contributed by atoms with Crippen molar-refractivity contribution in [1.82, 2.24) is 10.6 Å². The van der Waals surface area contributed by atoms with Gasteiger partial charge < -0.3 is 20.8 Å². The number of phenolic OH excluding ortho intramolecular Hbond substituents is 2. The third kappa shape index (κ3) is 9.01. The fourth-order valence-electron chi connectivity index (χ4n) is 7.40. The van der Waals surface area contributed by atoms with E-state index in [4.69, 9.17) is 9.98 Å². The Hall–Kier alpha value is -2.70. The first kappa shape index (κ1) is 34.6. The smallest absolute Gasteiger partial charge is 0.127 e. The second-order valence-corrected chi connectivity index (χ2v) is 16.4. The second-order valence-electron chi connectivity index (χ2n) is 16.4. The van der Waals surface area contributed by atoms with Crippen LogP contribution in [0.5, 0.6) is 11.5 Å². The lowest BCUT2D eigenvalue weighted by molar-refractivity contribution is 0.366. The van der Waals surface area contributed by atoms with E-state index in [-0.39, 0.29) is 22.9 Å². The Morgan fingerprint density at radius 2 is 0.978 bits per heavy atom. The number of aliphatic imine (C=N–C) groups is 2. The Balaban J connectivity index is 1.39. The minimum absolute atomic E-state index is 0.0207. The summed E-state index contributed by atoms with van der Waals surface area (Å²) in [4.78, 5) is 10.2. The number of rotatable bonds is 8. The van der Waals surface area contributed by atoms with Crippen molar-refractivity contribution in [3.05, 3.63) is 57.6 Å². The van der Waals surface area contributed by atoms with Crippen LogP contribution < -0.4 is 10.6 Å². The molecule has 2 aromatic carbocycles. The number of hydrogen-bond donors (Lipinski definition) is 4. The van der Waals surface area contributed by atoms with Crippen LogP contribution in [0.3, 0.4) is 0 Å². The summed E-state index contributed by atoms with van der Waals surface area (Å²) in [6.45, 7) is 17.7. The van der Waals surface area contributed by atoms with Gasteiger partial charge in [0.2, 0.25) is 0 Å². The SMILES string of the molecule is CC(C)(C)c1cc(C=NC2CCCCC2N=Cc2cc(C(C)(C)C)cc(CC3CCNCC3)c2O)c(O)c(CC2CCNCC2)c1. The molecule has 6 nitrogen and oxygen atoms in total. The Labute approximate surface area is 278 Å². The summed E-state index contributed by atoms with van der Waals surface area (Å²) in [7, 11) is 0. The fraction of sp³-hybridized carbons (Fsp3) is 0.650. The first-order chi connectivity index (χ1) is 21.9. The van der Waals surface area contributed by atoms with Crippen LogP contribution in [0.25, 0.3) is 0 Å². The van der Waals surface area contributed by atoms with Crippen LogP contribution >= 0.6 is 0 Å². The average Bonchev–Trinajstić information content (AvgIpc) is 3.02. The molecule has 46 heavy (non-hydrogen) atoms. The molecule has 1 saturated carbocycles. The molecule has 3 fully saturated rings. The quantitative estimate of drug-likeness (QED) is 0.227. The van der Waals surface area contributed by atoms with E-state index >= 15 is 0 Å². The molecule has 0 bridgehead atoms. The molecule has 3 aliphatic rings. The first-order valence-electron chi connectivity index (χ1n) is 18.1. The van der Waals surface area contributed by atoms with E-state index in [1.54, 1.807) is 0 Å². The maximum absolute atomic E-state index is 11.5. The van der Waals surface area contributed by atoms with E-state index in [1.807, 2.05) is 12.4 Å². The largest absolute Gasteiger partial charge is 0.507 e. The molecule has 0 aromatic heterocycles. The lowest BCUT2D eigenvalue weighted by Crippen LogP contribution is -2.29. The number of nitrogens with zero attached hydrogens (tertiary/aromatic N) is 2. The van der Waals surface area contributed by atoms with Crippen LogP contribution in [0, 0.1) is 11.8 Å². The molecule has 252 valence electrons. The van der Waals surface area contributed by atoms with E-state index in [1.165, 1.54) is 11.1 Å². The summed E-state index contributed by atoms with van der Waals surface area (Å²) in [6.07, 6.45) is 14.5. The zero-order valence-electron chi connectivity index (χ0n) is 29.5. The van der Waals surface area contributed by atoms with Crippen LogP contribution in [-0.2, 0) is 23.7 Å². The Bertz CT molecular complexity index is 1270. The molecule has 0 spiro atoms. The fourth-order valence-corrected chi connectivity index (χ4v) is 7.40. The zero-order valence-corrected chi connectivity index (χ0v) is 29.5. The van der Waals surface area contributed by atoms with E-state index in [0.717, 1.165) is 113 Å².